The quantitative estimate of drug-likeness (QED) is 0.791. The molecule has 1 N–H and O–H groups in total. The maximum Gasteiger partial charge on any atom is 0.274 e. The van der Waals surface area contributed by atoms with Gasteiger partial charge in [0.05, 0.1) is 13.2 Å². The second-order valence-corrected chi connectivity index (χ2v) is 5.81. The molecule has 0 bridgehead atoms. The number of nitrogens with zero attached hydrogens (tertiary/aromatic N) is 3. The van der Waals surface area contributed by atoms with Crippen molar-refractivity contribution in [2.45, 2.75) is 12.8 Å². The fraction of sp³-hybridized carbons (Fsp3) is 0.600. The first kappa shape index (κ1) is 15.7. The number of nitrogens with one attached hydrogen (secondary N) is 1. The van der Waals surface area contributed by atoms with Crippen molar-refractivity contribution in [1.82, 2.24) is 20.0 Å². The summed E-state index contributed by atoms with van der Waals surface area (Å²) >= 11 is 0. The Labute approximate surface area is 133 Å². The van der Waals surface area contributed by atoms with Crippen molar-refractivity contribution in [2.75, 3.05) is 39.4 Å². The lowest BCUT2D eigenvalue weighted by molar-refractivity contribution is -0.141. The van der Waals surface area contributed by atoms with Crippen molar-refractivity contribution in [1.29, 1.82) is 0 Å². The van der Waals surface area contributed by atoms with E-state index >= 15 is 0 Å². The predicted molar refractivity (Wildman–Crippen MR) is 80.9 cm³/mol. The van der Waals surface area contributed by atoms with Gasteiger partial charge in [0.2, 0.25) is 5.91 Å². The summed E-state index contributed by atoms with van der Waals surface area (Å²) in [6.07, 6.45) is 1.32. The molecule has 23 heavy (non-hydrogen) atoms. The van der Waals surface area contributed by atoms with Crippen LogP contribution in [0.2, 0.25) is 0 Å². The summed E-state index contributed by atoms with van der Waals surface area (Å²) in [5.74, 6) is -0.0678. The highest BCUT2D eigenvalue weighted by Gasteiger charge is 2.31. The number of likely N-dealkylation sites (tertiary alicyclic amines) is 1. The second-order valence-electron chi connectivity index (χ2n) is 5.81. The Balaban J connectivity index is 1.55. The minimum atomic E-state index is -0.337. The third kappa shape index (κ3) is 3.58. The lowest BCUT2D eigenvalue weighted by Crippen LogP contribution is -2.47. The zero-order chi connectivity index (χ0) is 16.2. The number of hydrogen-bond acceptors (Lipinski definition) is 5. The van der Waals surface area contributed by atoms with Crippen molar-refractivity contribution >= 4 is 11.8 Å². The molecule has 0 unspecified atom stereocenters. The van der Waals surface area contributed by atoms with Crippen molar-refractivity contribution in [2.24, 2.45) is 5.92 Å². The van der Waals surface area contributed by atoms with E-state index in [2.05, 4.69) is 10.2 Å². The number of morpholine rings is 1. The summed E-state index contributed by atoms with van der Waals surface area (Å²) in [4.78, 5) is 39.3. The Morgan fingerprint density at radius 2 is 1.78 bits per heavy atom. The molecule has 124 valence electrons. The highest BCUT2D eigenvalue weighted by Crippen LogP contribution is 2.21. The molecule has 3 rings (SSSR count). The molecule has 0 spiro atoms. The molecule has 0 aliphatic carbocycles. The Bertz CT molecular complexity index is 610. The number of ether oxygens (including phenoxy) is 1. The summed E-state index contributed by atoms with van der Waals surface area (Å²) in [7, 11) is 0. The maximum atomic E-state index is 12.5. The summed E-state index contributed by atoms with van der Waals surface area (Å²) in [5, 5.41) is 6.03. The highest BCUT2D eigenvalue weighted by molar-refractivity contribution is 5.92. The van der Waals surface area contributed by atoms with Gasteiger partial charge in [-0.25, -0.2) is 5.10 Å². The van der Waals surface area contributed by atoms with Crippen LogP contribution in [0.5, 0.6) is 0 Å². The van der Waals surface area contributed by atoms with Crippen LogP contribution in [0.15, 0.2) is 16.9 Å². The zero-order valence-corrected chi connectivity index (χ0v) is 12.9. The Morgan fingerprint density at radius 1 is 1.09 bits per heavy atom. The van der Waals surface area contributed by atoms with Gasteiger partial charge < -0.3 is 14.5 Å². The molecule has 2 aliphatic rings. The topological polar surface area (TPSA) is 95.6 Å². The highest BCUT2D eigenvalue weighted by atomic mass is 16.5. The molecule has 1 aromatic rings. The Hall–Kier alpha value is -2.22. The molecule has 2 amide bonds. The first-order valence-electron chi connectivity index (χ1n) is 7.86. The van der Waals surface area contributed by atoms with Crippen LogP contribution in [0.1, 0.15) is 23.3 Å². The van der Waals surface area contributed by atoms with Crippen molar-refractivity contribution in [3.63, 3.8) is 0 Å². The number of amides is 2. The molecule has 2 aliphatic heterocycles. The van der Waals surface area contributed by atoms with Gasteiger partial charge in [0.25, 0.3) is 11.5 Å². The number of carbonyl (C=O) groups is 2. The molecule has 8 nitrogen and oxygen atoms in total. The van der Waals surface area contributed by atoms with E-state index in [-0.39, 0.29) is 29.0 Å². The average Bonchev–Trinajstić information content (AvgIpc) is 2.62. The van der Waals surface area contributed by atoms with Crippen LogP contribution in [-0.2, 0) is 9.53 Å². The fourth-order valence-corrected chi connectivity index (χ4v) is 3.00. The van der Waals surface area contributed by atoms with Gasteiger partial charge in [-0.3, -0.25) is 14.4 Å². The Morgan fingerprint density at radius 3 is 2.39 bits per heavy atom. The van der Waals surface area contributed by atoms with Gasteiger partial charge in [0.15, 0.2) is 0 Å². The summed E-state index contributed by atoms with van der Waals surface area (Å²) in [6, 6.07) is 2.71. The number of carbonyl (C=O) groups excluding carboxylic acids is 2. The fourth-order valence-electron chi connectivity index (χ4n) is 3.00. The standard InChI is InChI=1S/C15H20N4O4/c20-13-2-1-12(16-17-13)15(22)18-5-3-11(4-6-18)14(21)19-7-9-23-10-8-19/h1-2,11H,3-10H2,(H,17,20). The number of aromatic nitrogens is 2. The first-order valence-corrected chi connectivity index (χ1v) is 7.86. The normalized spacial score (nSPS) is 19.7. The maximum absolute atomic E-state index is 12.5. The van der Waals surface area contributed by atoms with Crippen molar-refractivity contribution in [3.05, 3.63) is 28.2 Å². The van der Waals surface area contributed by atoms with E-state index in [1.165, 1.54) is 12.1 Å². The SMILES string of the molecule is O=C(c1ccc(=O)[nH]n1)N1CCC(C(=O)N2CCOCC2)CC1. The second kappa shape index (κ2) is 6.91. The third-order valence-electron chi connectivity index (χ3n) is 4.35. The summed E-state index contributed by atoms with van der Waals surface area (Å²) < 4.78 is 5.26. The minimum Gasteiger partial charge on any atom is -0.378 e. The number of aromatic amines is 1. The van der Waals surface area contributed by atoms with Crippen LogP contribution in [-0.4, -0.2) is 71.2 Å². The zero-order valence-electron chi connectivity index (χ0n) is 12.9. The number of rotatable bonds is 2. The molecular weight excluding hydrogens is 300 g/mol. The van der Waals surface area contributed by atoms with E-state index in [4.69, 9.17) is 4.74 Å². The molecule has 0 saturated carbocycles. The van der Waals surface area contributed by atoms with Gasteiger partial charge >= 0.3 is 0 Å². The smallest absolute Gasteiger partial charge is 0.274 e. The van der Waals surface area contributed by atoms with Crippen LogP contribution in [0, 0.1) is 5.92 Å². The third-order valence-corrected chi connectivity index (χ3v) is 4.35. The lowest BCUT2D eigenvalue weighted by Gasteiger charge is -2.35. The molecule has 8 heteroatoms. The van der Waals surface area contributed by atoms with E-state index in [0.717, 1.165) is 0 Å². The molecule has 0 radical (unpaired) electrons. The molecular formula is C15H20N4O4. The van der Waals surface area contributed by atoms with Gasteiger partial charge in [-0.05, 0) is 18.9 Å². The van der Waals surface area contributed by atoms with Gasteiger partial charge in [-0.15, -0.1) is 0 Å². The largest absolute Gasteiger partial charge is 0.378 e. The van der Waals surface area contributed by atoms with Gasteiger partial charge in [0, 0.05) is 38.2 Å². The number of H-pyrrole nitrogens is 1. The molecule has 0 atom stereocenters. The summed E-state index contributed by atoms with van der Waals surface area (Å²) in [5.41, 5.74) is -0.112. The first-order chi connectivity index (χ1) is 11.1. The number of hydrogen-bond donors (Lipinski definition) is 1. The van der Waals surface area contributed by atoms with Crippen molar-refractivity contribution < 1.29 is 14.3 Å². The predicted octanol–water partition coefficient (Wildman–Crippen LogP) is -0.519. The van der Waals surface area contributed by atoms with E-state index < -0.39 is 0 Å². The van der Waals surface area contributed by atoms with E-state index in [1.54, 1.807) is 4.90 Å². The van der Waals surface area contributed by atoms with Gasteiger partial charge in [-0.2, -0.15) is 5.10 Å². The van der Waals surface area contributed by atoms with Crippen LogP contribution < -0.4 is 5.56 Å². The molecule has 1 aromatic heterocycles. The molecule has 0 aromatic carbocycles. The molecule has 2 saturated heterocycles. The molecule has 2 fully saturated rings. The monoisotopic (exact) mass is 320 g/mol. The van der Waals surface area contributed by atoms with Gasteiger partial charge in [0.1, 0.15) is 5.69 Å². The molecule has 3 heterocycles. The van der Waals surface area contributed by atoms with E-state index in [0.29, 0.717) is 52.2 Å². The van der Waals surface area contributed by atoms with Crippen molar-refractivity contribution in [3.8, 4) is 0 Å². The van der Waals surface area contributed by atoms with Crippen LogP contribution in [0.4, 0.5) is 0 Å². The van der Waals surface area contributed by atoms with Crippen LogP contribution in [0.3, 0.4) is 0 Å². The average molecular weight is 320 g/mol. The Kier molecular flexibility index (Phi) is 4.71. The van der Waals surface area contributed by atoms with Crippen LogP contribution in [0.25, 0.3) is 0 Å². The minimum absolute atomic E-state index is 0.0271. The van der Waals surface area contributed by atoms with E-state index in [1.807, 2.05) is 4.90 Å². The van der Waals surface area contributed by atoms with E-state index in [9.17, 15) is 14.4 Å². The number of piperidine rings is 1. The van der Waals surface area contributed by atoms with Gasteiger partial charge in [-0.1, -0.05) is 0 Å². The summed E-state index contributed by atoms with van der Waals surface area (Å²) in [6.45, 7) is 3.56. The van der Waals surface area contributed by atoms with Crippen LogP contribution >= 0.6 is 0 Å². The lowest BCUT2D eigenvalue weighted by atomic mass is 9.95.